The molecule has 4 heteroatoms. The number of hydrogen-bond donors (Lipinski definition) is 1. The largest absolute Gasteiger partial charge is 0.454 e. The van der Waals surface area contributed by atoms with Crippen molar-refractivity contribution in [3.05, 3.63) is 54.7 Å². The van der Waals surface area contributed by atoms with Gasteiger partial charge in [0.2, 0.25) is 6.79 Å². The SMILES string of the molecule is c1cc(-c2ccc3c(c2)OCO3)cc(-c2ccn[nH]2)c1. The molecule has 0 fully saturated rings. The predicted molar refractivity (Wildman–Crippen MR) is 75.6 cm³/mol. The highest BCUT2D eigenvalue weighted by molar-refractivity contribution is 5.73. The second kappa shape index (κ2) is 4.42. The highest BCUT2D eigenvalue weighted by Crippen LogP contribution is 2.36. The fourth-order valence-corrected chi connectivity index (χ4v) is 2.36. The number of aromatic amines is 1. The van der Waals surface area contributed by atoms with Crippen LogP contribution >= 0.6 is 0 Å². The molecule has 0 bridgehead atoms. The smallest absolute Gasteiger partial charge is 0.231 e. The minimum Gasteiger partial charge on any atom is -0.454 e. The normalized spacial score (nSPS) is 12.6. The first-order valence-electron chi connectivity index (χ1n) is 6.40. The molecule has 2 aromatic carbocycles. The second-order valence-corrected chi connectivity index (χ2v) is 4.62. The molecule has 0 aliphatic carbocycles. The van der Waals surface area contributed by atoms with E-state index < -0.39 is 0 Å². The summed E-state index contributed by atoms with van der Waals surface area (Å²) in [6, 6.07) is 16.3. The van der Waals surface area contributed by atoms with Gasteiger partial charge >= 0.3 is 0 Å². The van der Waals surface area contributed by atoms with Gasteiger partial charge < -0.3 is 9.47 Å². The van der Waals surface area contributed by atoms with Crippen molar-refractivity contribution < 1.29 is 9.47 Å². The van der Waals surface area contributed by atoms with Crippen LogP contribution in [-0.4, -0.2) is 17.0 Å². The van der Waals surface area contributed by atoms with E-state index in [9.17, 15) is 0 Å². The standard InChI is InChI=1S/C16H12N2O2/c1-2-11(8-13(3-1)14-6-7-17-18-14)12-4-5-15-16(9-12)20-10-19-15/h1-9H,10H2,(H,17,18). The molecule has 4 nitrogen and oxygen atoms in total. The first kappa shape index (κ1) is 11.1. The number of ether oxygens (including phenoxy) is 2. The van der Waals surface area contributed by atoms with Crippen LogP contribution in [0.2, 0.25) is 0 Å². The molecule has 0 saturated heterocycles. The lowest BCUT2D eigenvalue weighted by molar-refractivity contribution is 0.174. The van der Waals surface area contributed by atoms with E-state index in [1.165, 1.54) is 0 Å². The number of nitrogens with one attached hydrogen (secondary N) is 1. The Morgan fingerprint density at radius 3 is 2.60 bits per heavy atom. The van der Waals surface area contributed by atoms with Crippen LogP contribution in [0.25, 0.3) is 22.4 Å². The molecule has 1 aliphatic heterocycles. The summed E-state index contributed by atoms with van der Waals surface area (Å²) in [6.07, 6.45) is 1.75. The number of nitrogens with zero attached hydrogens (tertiary/aromatic N) is 1. The zero-order valence-corrected chi connectivity index (χ0v) is 10.7. The van der Waals surface area contributed by atoms with Crippen LogP contribution in [0.4, 0.5) is 0 Å². The molecule has 0 saturated carbocycles. The summed E-state index contributed by atoms with van der Waals surface area (Å²) < 4.78 is 10.8. The number of hydrogen-bond acceptors (Lipinski definition) is 3. The molecule has 0 unspecified atom stereocenters. The van der Waals surface area contributed by atoms with Gasteiger partial charge in [0.05, 0.1) is 5.69 Å². The van der Waals surface area contributed by atoms with E-state index in [0.717, 1.165) is 33.9 Å². The van der Waals surface area contributed by atoms with Gasteiger partial charge in [-0.1, -0.05) is 24.3 Å². The van der Waals surface area contributed by atoms with E-state index in [-0.39, 0.29) is 0 Å². The van der Waals surface area contributed by atoms with E-state index in [2.05, 4.69) is 28.4 Å². The molecule has 4 rings (SSSR count). The fraction of sp³-hybridized carbons (Fsp3) is 0.0625. The number of fused-ring (bicyclic) bond motifs is 1. The van der Waals surface area contributed by atoms with Gasteiger partial charge in [-0.25, -0.2) is 0 Å². The first-order valence-corrected chi connectivity index (χ1v) is 6.40. The maximum Gasteiger partial charge on any atom is 0.231 e. The summed E-state index contributed by atoms with van der Waals surface area (Å²) in [5.74, 6) is 1.60. The van der Waals surface area contributed by atoms with Crippen LogP contribution in [-0.2, 0) is 0 Å². The van der Waals surface area contributed by atoms with Crippen LogP contribution in [0.15, 0.2) is 54.7 Å². The Kier molecular flexibility index (Phi) is 2.45. The molecule has 0 spiro atoms. The average molecular weight is 264 g/mol. The second-order valence-electron chi connectivity index (χ2n) is 4.62. The number of benzene rings is 2. The summed E-state index contributed by atoms with van der Waals surface area (Å²) in [5, 5.41) is 6.97. The molecule has 1 aliphatic rings. The van der Waals surface area contributed by atoms with Gasteiger partial charge in [-0.15, -0.1) is 0 Å². The van der Waals surface area contributed by atoms with Crippen molar-refractivity contribution in [2.45, 2.75) is 0 Å². The van der Waals surface area contributed by atoms with Crippen molar-refractivity contribution in [1.29, 1.82) is 0 Å². The van der Waals surface area contributed by atoms with Gasteiger partial charge in [0.1, 0.15) is 0 Å². The van der Waals surface area contributed by atoms with E-state index in [1.54, 1.807) is 6.20 Å². The molecule has 1 N–H and O–H groups in total. The van der Waals surface area contributed by atoms with Crippen LogP contribution in [0.5, 0.6) is 11.5 Å². The van der Waals surface area contributed by atoms with Crippen molar-refractivity contribution in [3.8, 4) is 33.9 Å². The zero-order chi connectivity index (χ0) is 13.4. The van der Waals surface area contributed by atoms with Crippen LogP contribution in [0.3, 0.4) is 0 Å². The van der Waals surface area contributed by atoms with Crippen LogP contribution in [0.1, 0.15) is 0 Å². The highest BCUT2D eigenvalue weighted by atomic mass is 16.7. The highest BCUT2D eigenvalue weighted by Gasteiger charge is 2.14. The third kappa shape index (κ3) is 1.82. The third-order valence-electron chi connectivity index (χ3n) is 3.38. The lowest BCUT2D eigenvalue weighted by Gasteiger charge is -2.05. The Hall–Kier alpha value is -2.75. The lowest BCUT2D eigenvalue weighted by atomic mass is 10.0. The Morgan fingerprint density at radius 1 is 0.850 bits per heavy atom. The lowest BCUT2D eigenvalue weighted by Crippen LogP contribution is -1.92. The van der Waals surface area contributed by atoms with Gasteiger partial charge in [0.25, 0.3) is 0 Å². The summed E-state index contributed by atoms with van der Waals surface area (Å²) in [7, 11) is 0. The van der Waals surface area contributed by atoms with Crippen molar-refractivity contribution in [2.24, 2.45) is 0 Å². The van der Waals surface area contributed by atoms with E-state index in [4.69, 9.17) is 9.47 Å². The number of rotatable bonds is 2. The minimum absolute atomic E-state index is 0.299. The van der Waals surface area contributed by atoms with Crippen molar-refractivity contribution in [3.63, 3.8) is 0 Å². The van der Waals surface area contributed by atoms with Gasteiger partial charge in [-0.3, -0.25) is 5.10 Å². The minimum atomic E-state index is 0.299. The molecule has 0 radical (unpaired) electrons. The number of aromatic nitrogens is 2. The fourth-order valence-electron chi connectivity index (χ4n) is 2.36. The number of H-pyrrole nitrogens is 1. The van der Waals surface area contributed by atoms with Crippen molar-refractivity contribution >= 4 is 0 Å². The van der Waals surface area contributed by atoms with Crippen LogP contribution in [0, 0.1) is 0 Å². The zero-order valence-electron chi connectivity index (χ0n) is 10.7. The molecule has 20 heavy (non-hydrogen) atoms. The Labute approximate surface area is 116 Å². The van der Waals surface area contributed by atoms with Gasteiger partial charge in [-0.2, -0.15) is 5.10 Å². The maximum absolute atomic E-state index is 5.42. The molecular weight excluding hydrogens is 252 g/mol. The molecule has 3 aromatic rings. The van der Waals surface area contributed by atoms with Crippen LogP contribution < -0.4 is 9.47 Å². The Bertz CT molecular complexity index is 751. The molecule has 0 atom stereocenters. The summed E-state index contributed by atoms with van der Waals surface area (Å²) in [6.45, 7) is 0.299. The Morgan fingerprint density at radius 2 is 1.70 bits per heavy atom. The van der Waals surface area contributed by atoms with Crippen molar-refractivity contribution in [1.82, 2.24) is 10.2 Å². The van der Waals surface area contributed by atoms with Gasteiger partial charge in [0, 0.05) is 11.8 Å². The van der Waals surface area contributed by atoms with Gasteiger partial charge in [-0.05, 0) is 35.4 Å². The topological polar surface area (TPSA) is 47.1 Å². The maximum atomic E-state index is 5.42. The molecular formula is C16H12N2O2. The molecule has 1 aromatic heterocycles. The van der Waals surface area contributed by atoms with E-state index in [1.807, 2.05) is 30.3 Å². The summed E-state index contributed by atoms with van der Waals surface area (Å²) >= 11 is 0. The predicted octanol–water partition coefficient (Wildman–Crippen LogP) is 3.47. The molecule has 2 heterocycles. The van der Waals surface area contributed by atoms with Crippen molar-refractivity contribution in [2.75, 3.05) is 6.79 Å². The van der Waals surface area contributed by atoms with Gasteiger partial charge in [0.15, 0.2) is 11.5 Å². The summed E-state index contributed by atoms with van der Waals surface area (Å²) in [5.41, 5.74) is 4.36. The Balaban J connectivity index is 1.77. The molecule has 98 valence electrons. The third-order valence-corrected chi connectivity index (χ3v) is 3.38. The quantitative estimate of drug-likeness (QED) is 0.771. The molecule has 0 amide bonds. The first-order chi connectivity index (χ1) is 9.90. The monoisotopic (exact) mass is 264 g/mol. The average Bonchev–Trinajstić information content (AvgIpc) is 3.18. The van der Waals surface area contributed by atoms with E-state index >= 15 is 0 Å². The summed E-state index contributed by atoms with van der Waals surface area (Å²) in [4.78, 5) is 0. The van der Waals surface area contributed by atoms with E-state index in [0.29, 0.717) is 6.79 Å².